The fourth-order valence-electron chi connectivity index (χ4n) is 2.16. The molecule has 0 aliphatic rings. The fourth-order valence-corrected chi connectivity index (χ4v) is 2.29. The highest BCUT2D eigenvalue weighted by Gasteiger charge is 2.30. The van der Waals surface area contributed by atoms with Gasteiger partial charge in [0.15, 0.2) is 12.4 Å². The van der Waals surface area contributed by atoms with E-state index >= 15 is 0 Å². The van der Waals surface area contributed by atoms with Crippen LogP contribution in [0.3, 0.4) is 0 Å². The van der Waals surface area contributed by atoms with Gasteiger partial charge in [0.2, 0.25) is 0 Å². The van der Waals surface area contributed by atoms with Crippen molar-refractivity contribution < 1.29 is 27.4 Å². The first kappa shape index (κ1) is 19.6. The quantitative estimate of drug-likeness (QED) is 0.637. The summed E-state index contributed by atoms with van der Waals surface area (Å²) in [6, 6.07) is 13.0. The number of nitrogens with one attached hydrogen (secondary N) is 1. The zero-order valence-electron chi connectivity index (χ0n) is 14.1. The summed E-state index contributed by atoms with van der Waals surface area (Å²) >= 11 is 5.80. The Balaban J connectivity index is 1.55. The molecule has 0 atom stereocenters. The third-order valence-corrected chi connectivity index (χ3v) is 3.65. The smallest absolute Gasteiger partial charge is 0.471 e. The van der Waals surface area contributed by atoms with E-state index in [-0.39, 0.29) is 18.2 Å². The van der Waals surface area contributed by atoms with Gasteiger partial charge in [-0.15, -0.1) is 13.2 Å². The number of carbonyl (C=O) groups is 1. The molecule has 1 N–H and O–H groups in total. The van der Waals surface area contributed by atoms with Gasteiger partial charge in [-0.25, -0.2) is 4.68 Å². The summed E-state index contributed by atoms with van der Waals surface area (Å²) in [6.07, 6.45) is -3.21. The van der Waals surface area contributed by atoms with Crippen molar-refractivity contribution in [3.8, 4) is 11.5 Å². The van der Waals surface area contributed by atoms with Crippen molar-refractivity contribution in [1.29, 1.82) is 0 Å². The van der Waals surface area contributed by atoms with Crippen LogP contribution in [0.2, 0.25) is 5.02 Å². The molecule has 3 rings (SSSR count). The molecule has 6 nitrogen and oxygen atoms in total. The highest BCUT2D eigenvalue weighted by molar-refractivity contribution is 6.30. The van der Waals surface area contributed by atoms with Gasteiger partial charge in [-0.3, -0.25) is 4.79 Å². The molecule has 0 saturated carbocycles. The van der Waals surface area contributed by atoms with Crippen molar-refractivity contribution in [2.24, 2.45) is 0 Å². The molecule has 1 heterocycles. The topological polar surface area (TPSA) is 65.4 Å². The van der Waals surface area contributed by atoms with Crippen LogP contribution < -0.4 is 14.8 Å². The van der Waals surface area contributed by atoms with Crippen LogP contribution in [0.25, 0.3) is 0 Å². The number of hydrogen-bond donors (Lipinski definition) is 1. The zero-order chi connectivity index (χ0) is 20.1. The van der Waals surface area contributed by atoms with Gasteiger partial charge in [-0.2, -0.15) is 5.10 Å². The second-order valence-corrected chi connectivity index (χ2v) is 5.93. The van der Waals surface area contributed by atoms with Crippen LogP contribution in [-0.4, -0.2) is 22.1 Å². The molecule has 146 valence electrons. The van der Waals surface area contributed by atoms with E-state index in [4.69, 9.17) is 16.3 Å². The minimum absolute atomic E-state index is 0.0817. The van der Waals surface area contributed by atoms with Gasteiger partial charge in [0.1, 0.15) is 11.5 Å². The van der Waals surface area contributed by atoms with Crippen molar-refractivity contribution in [2.75, 3.05) is 5.32 Å². The maximum atomic E-state index is 12.2. The predicted molar refractivity (Wildman–Crippen MR) is 95.4 cm³/mol. The number of hydrogen-bond acceptors (Lipinski definition) is 4. The van der Waals surface area contributed by atoms with Crippen LogP contribution in [0.15, 0.2) is 60.8 Å². The minimum Gasteiger partial charge on any atom is -0.471 e. The highest BCUT2D eigenvalue weighted by Crippen LogP contribution is 2.24. The Morgan fingerprint density at radius 2 is 1.68 bits per heavy atom. The molecule has 2 aromatic carbocycles. The Hall–Kier alpha value is -3.20. The van der Waals surface area contributed by atoms with Crippen molar-refractivity contribution in [2.45, 2.75) is 13.1 Å². The maximum absolute atomic E-state index is 12.2. The van der Waals surface area contributed by atoms with Gasteiger partial charge in [0.05, 0.1) is 0 Å². The number of rotatable bonds is 6. The lowest BCUT2D eigenvalue weighted by molar-refractivity contribution is -0.274. The largest absolute Gasteiger partial charge is 0.573 e. The molecule has 0 saturated heterocycles. The Morgan fingerprint density at radius 3 is 2.32 bits per heavy atom. The first-order valence-corrected chi connectivity index (χ1v) is 8.25. The molecule has 28 heavy (non-hydrogen) atoms. The van der Waals surface area contributed by atoms with E-state index in [1.54, 1.807) is 30.5 Å². The Bertz CT molecular complexity index is 941. The SMILES string of the molecule is O=C(Nc1ccc(OC(F)(F)F)cc1)c1ccn(COc2ccc(Cl)cc2)n1. The molecule has 0 aliphatic carbocycles. The molecule has 0 aliphatic heterocycles. The van der Waals surface area contributed by atoms with Gasteiger partial charge < -0.3 is 14.8 Å². The van der Waals surface area contributed by atoms with E-state index in [2.05, 4.69) is 15.2 Å². The number of aromatic nitrogens is 2. The zero-order valence-corrected chi connectivity index (χ0v) is 14.9. The maximum Gasteiger partial charge on any atom is 0.573 e. The lowest BCUT2D eigenvalue weighted by Gasteiger charge is -2.09. The molecule has 10 heteroatoms. The second-order valence-electron chi connectivity index (χ2n) is 5.49. The van der Waals surface area contributed by atoms with Gasteiger partial charge >= 0.3 is 6.36 Å². The third-order valence-electron chi connectivity index (χ3n) is 3.40. The predicted octanol–water partition coefficient (Wildman–Crippen LogP) is 4.72. The summed E-state index contributed by atoms with van der Waals surface area (Å²) in [5.74, 6) is -0.309. The van der Waals surface area contributed by atoms with Crippen molar-refractivity contribution in [1.82, 2.24) is 9.78 Å². The van der Waals surface area contributed by atoms with Crippen LogP contribution >= 0.6 is 11.6 Å². The fraction of sp³-hybridized carbons (Fsp3) is 0.111. The van der Waals surface area contributed by atoms with Crippen molar-refractivity contribution >= 4 is 23.2 Å². The summed E-state index contributed by atoms with van der Waals surface area (Å²) in [4.78, 5) is 12.2. The number of halogens is 4. The summed E-state index contributed by atoms with van der Waals surface area (Å²) in [6.45, 7) is 0.0817. The van der Waals surface area contributed by atoms with Gasteiger partial charge in [0.25, 0.3) is 5.91 Å². The van der Waals surface area contributed by atoms with Crippen molar-refractivity contribution in [3.63, 3.8) is 0 Å². The van der Waals surface area contributed by atoms with Crippen LogP contribution in [-0.2, 0) is 6.73 Å². The summed E-state index contributed by atoms with van der Waals surface area (Å²) in [7, 11) is 0. The Labute approximate surface area is 162 Å². The number of amides is 1. The molecule has 1 amide bonds. The number of anilines is 1. The molecular weight excluding hydrogens is 399 g/mol. The lowest BCUT2D eigenvalue weighted by atomic mass is 10.3. The molecule has 0 bridgehead atoms. The summed E-state index contributed by atoms with van der Waals surface area (Å²) in [5.41, 5.74) is 0.418. The normalized spacial score (nSPS) is 11.1. The van der Waals surface area contributed by atoms with Gasteiger partial charge in [-0.1, -0.05) is 11.6 Å². The van der Waals surface area contributed by atoms with E-state index in [0.717, 1.165) is 12.1 Å². The average molecular weight is 412 g/mol. The second kappa shape index (κ2) is 8.22. The first-order valence-electron chi connectivity index (χ1n) is 7.87. The van der Waals surface area contributed by atoms with Crippen LogP contribution in [0.5, 0.6) is 11.5 Å². The average Bonchev–Trinajstić information content (AvgIpc) is 3.11. The Morgan fingerprint density at radius 1 is 1.04 bits per heavy atom. The van der Waals surface area contributed by atoms with E-state index < -0.39 is 12.3 Å². The van der Waals surface area contributed by atoms with E-state index in [0.29, 0.717) is 16.5 Å². The van der Waals surface area contributed by atoms with Crippen LogP contribution in [0.4, 0.5) is 18.9 Å². The Kier molecular flexibility index (Phi) is 5.74. The van der Waals surface area contributed by atoms with E-state index in [1.807, 2.05) is 0 Å². The molecule has 0 radical (unpaired) electrons. The van der Waals surface area contributed by atoms with E-state index in [1.165, 1.54) is 22.9 Å². The number of ether oxygens (including phenoxy) is 2. The molecule has 1 aromatic heterocycles. The molecule has 3 aromatic rings. The molecule has 0 fully saturated rings. The number of alkyl halides is 3. The molecule has 0 unspecified atom stereocenters. The minimum atomic E-state index is -4.77. The van der Waals surface area contributed by atoms with E-state index in [9.17, 15) is 18.0 Å². The third kappa shape index (κ3) is 5.65. The number of benzene rings is 2. The monoisotopic (exact) mass is 411 g/mol. The summed E-state index contributed by atoms with van der Waals surface area (Å²) in [5, 5.41) is 7.21. The number of carbonyl (C=O) groups excluding carboxylic acids is 1. The number of nitrogens with zero attached hydrogens (tertiary/aromatic N) is 2. The molecule has 0 spiro atoms. The lowest BCUT2D eigenvalue weighted by Crippen LogP contribution is -2.17. The molecular formula is C18H13ClF3N3O3. The van der Waals surface area contributed by atoms with Gasteiger partial charge in [-0.05, 0) is 54.6 Å². The summed E-state index contributed by atoms with van der Waals surface area (Å²) < 4.78 is 47.1. The van der Waals surface area contributed by atoms with Crippen LogP contribution in [0.1, 0.15) is 10.5 Å². The van der Waals surface area contributed by atoms with Gasteiger partial charge in [0, 0.05) is 16.9 Å². The standard InChI is InChI=1S/C18H13ClF3N3O3/c19-12-1-5-14(6-2-12)27-11-25-10-9-16(24-25)17(26)23-13-3-7-15(8-4-13)28-18(20,21)22/h1-10H,11H2,(H,23,26). The van der Waals surface area contributed by atoms with Crippen molar-refractivity contribution in [3.05, 3.63) is 71.5 Å². The van der Waals surface area contributed by atoms with Crippen LogP contribution in [0, 0.1) is 0 Å². The highest BCUT2D eigenvalue weighted by atomic mass is 35.5. The first-order chi connectivity index (χ1) is 13.3.